The van der Waals surface area contributed by atoms with Crippen LogP contribution in [0.15, 0.2) is 0 Å². The Balaban J connectivity index is 3.51. The van der Waals surface area contributed by atoms with Crippen molar-refractivity contribution in [1.82, 2.24) is 20.0 Å². The van der Waals surface area contributed by atoms with E-state index in [1.54, 1.807) is 0 Å². The first-order valence-electron chi connectivity index (χ1n) is 7.28. The molecule has 1 N–H and O–H groups in total. The van der Waals surface area contributed by atoms with Crippen molar-refractivity contribution in [1.29, 1.82) is 0 Å². The van der Waals surface area contributed by atoms with Crippen molar-refractivity contribution in [3.63, 3.8) is 0 Å². The molecule has 0 aliphatic carbocycles. The number of hydrogen-bond donors (Lipinski definition) is 1. The number of likely N-dealkylation sites (N-methyl/N-ethyl adjacent to an activating group) is 1. The predicted molar refractivity (Wildman–Crippen MR) is 81.3 cm³/mol. The predicted octanol–water partition coefficient (Wildman–Crippen LogP) is 0.801. The van der Waals surface area contributed by atoms with Gasteiger partial charge < -0.3 is 20.0 Å². The molecular formula is C14H34N4. The lowest BCUT2D eigenvalue weighted by molar-refractivity contribution is 0.240. The Kier molecular flexibility index (Phi) is 11.8. The van der Waals surface area contributed by atoms with E-state index in [-0.39, 0.29) is 0 Å². The Bertz CT molecular complexity index is 171. The summed E-state index contributed by atoms with van der Waals surface area (Å²) in [6, 6.07) is 0. The molecule has 0 spiro atoms. The number of hydrogen-bond acceptors (Lipinski definition) is 4. The van der Waals surface area contributed by atoms with Crippen LogP contribution in [0.3, 0.4) is 0 Å². The Labute approximate surface area is 114 Å². The summed E-state index contributed by atoms with van der Waals surface area (Å²) in [4.78, 5) is 7.05. The second kappa shape index (κ2) is 11.9. The lowest BCUT2D eigenvalue weighted by Gasteiger charge is -2.23. The molecule has 0 bridgehead atoms. The Morgan fingerprint density at radius 1 is 0.722 bits per heavy atom. The number of nitrogens with one attached hydrogen (secondary N) is 1. The van der Waals surface area contributed by atoms with Gasteiger partial charge in [-0.2, -0.15) is 0 Å². The molecule has 0 aromatic carbocycles. The van der Waals surface area contributed by atoms with Gasteiger partial charge in [-0.15, -0.1) is 0 Å². The van der Waals surface area contributed by atoms with Crippen LogP contribution in [0.25, 0.3) is 0 Å². The minimum absolute atomic E-state index is 1.11. The van der Waals surface area contributed by atoms with Crippen molar-refractivity contribution in [2.45, 2.75) is 19.8 Å². The fourth-order valence-corrected chi connectivity index (χ4v) is 1.88. The zero-order valence-corrected chi connectivity index (χ0v) is 13.2. The highest BCUT2D eigenvalue weighted by atomic mass is 15.2. The van der Waals surface area contributed by atoms with Crippen LogP contribution in [0.2, 0.25) is 0 Å². The monoisotopic (exact) mass is 258 g/mol. The first kappa shape index (κ1) is 17.8. The molecule has 0 saturated heterocycles. The topological polar surface area (TPSA) is 21.8 Å². The summed E-state index contributed by atoms with van der Waals surface area (Å²) in [7, 11) is 8.54. The minimum Gasteiger partial charge on any atom is -0.315 e. The maximum Gasteiger partial charge on any atom is 0.0110 e. The van der Waals surface area contributed by atoms with Crippen molar-refractivity contribution in [3.05, 3.63) is 0 Å². The van der Waals surface area contributed by atoms with Gasteiger partial charge in [-0.3, -0.25) is 0 Å². The van der Waals surface area contributed by atoms with Gasteiger partial charge in [0, 0.05) is 26.2 Å². The first-order chi connectivity index (χ1) is 8.56. The van der Waals surface area contributed by atoms with Gasteiger partial charge in [0.05, 0.1) is 0 Å². The molecule has 0 aromatic heterocycles. The SMILES string of the molecule is CCCN(CCNCCCN(C)C)CCN(C)C. The van der Waals surface area contributed by atoms with Gasteiger partial charge >= 0.3 is 0 Å². The second-order valence-corrected chi connectivity index (χ2v) is 5.55. The quantitative estimate of drug-likeness (QED) is 0.523. The molecule has 0 saturated carbocycles. The van der Waals surface area contributed by atoms with E-state index >= 15 is 0 Å². The maximum absolute atomic E-state index is 3.54. The third kappa shape index (κ3) is 12.3. The van der Waals surface area contributed by atoms with E-state index in [1.807, 2.05) is 0 Å². The second-order valence-electron chi connectivity index (χ2n) is 5.55. The summed E-state index contributed by atoms with van der Waals surface area (Å²) in [6.45, 7) is 10.4. The van der Waals surface area contributed by atoms with E-state index in [9.17, 15) is 0 Å². The van der Waals surface area contributed by atoms with E-state index in [4.69, 9.17) is 0 Å². The van der Waals surface area contributed by atoms with Crippen LogP contribution in [0, 0.1) is 0 Å². The summed E-state index contributed by atoms with van der Waals surface area (Å²) < 4.78 is 0. The van der Waals surface area contributed by atoms with Crippen molar-refractivity contribution in [2.75, 3.05) is 74.0 Å². The van der Waals surface area contributed by atoms with E-state index in [2.05, 4.69) is 55.1 Å². The van der Waals surface area contributed by atoms with Crippen molar-refractivity contribution < 1.29 is 0 Å². The van der Waals surface area contributed by atoms with Crippen molar-refractivity contribution in [2.24, 2.45) is 0 Å². The van der Waals surface area contributed by atoms with Crippen LogP contribution in [0.5, 0.6) is 0 Å². The van der Waals surface area contributed by atoms with Crippen molar-refractivity contribution >= 4 is 0 Å². The van der Waals surface area contributed by atoms with Gasteiger partial charge in [0.2, 0.25) is 0 Å². The molecule has 4 heteroatoms. The highest BCUT2D eigenvalue weighted by molar-refractivity contribution is 4.61. The molecule has 0 amide bonds. The number of rotatable bonds is 12. The highest BCUT2D eigenvalue weighted by Gasteiger charge is 2.03. The maximum atomic E-state index is 3.54. The Morgan fingerprint density at radius 2 is 1.39 bits per heavy atom. The molecule has 0 aromatic rings. The summed E-state index contributed by atoms with van der Waals surface area (Å²) in [5.74, 6) is 0. The lowest BCUT2D eigenvalue weighted by atomic mass is 10.3. The standard InChI is InChI=1S/C14H34N4/c1-6-10-18(14-13-17(4)5)12-9-15-8-7-11-16(2)3/h15H,6-14H2,1-5H3. The molecule has 4 nitrogen and oxygen atoms in total. The molecule has 0 aliphatic rings. The molecule has 110 valence electrons. The van der Waals surface area contributed by atoms with Gasteiger partial charge in [0.15, 0.2) is 0 Å². The third-order valence-corrected chi connectivity index (χ3v) is 2.97. The molecule has 0 rings (SSSR count). The molecule has 0 fully saturated rings. The average Bonchev–Trinajstić information content (AvgIpc) is 2.29. The molecule has 0 unspecified atom stereocenters. The fraction of sp³-hybridized carbons (Fsp3) is 1.00. The van der Waals surface area contributed by atoms with Crippen LogP contribution in [-0.4, -0.2) is 88.7 Å². The molecular weight excluding hydrogens is 224 g/mol. The van der Waals surface area contributed by atoms with Gasteiger partial charge in [-0.05, 0) is 60.7 Å². The van der Waals surface area contributed by atoms with Gasteiger partial charge in [-0.1, -0.05) is 6.92 Å². The van der Waals surface area contributed by atoms with E-state index in [1.165, 1.54) is 39.0 Å². The van der Waals surface area contributed by atoms with Crippen LogP contribution >= 0.6 is 0 Å². The largest absolute Gasteiger partial charge is 0.315 e. The zero-order chi connectivity index (χ0) is 13.8. The summed E-state index contributed by atoms with van der Waals surface area (Å²) in [5.41, 5.74) is 0. The average molecular weight is 258 g/mol. The first-order valence-corrected chi connectivity index (χ1v) is 7.28. The summed E-state index contributed by atoms with van der Waals surface area (Å²) in [5, 5.41) is 3.54. The lowest BCUT2D eigenvalue weighted by Crippen LogP contribution is -2.37. The third-order valence-electron chi connectivity index (χ3n) is 2.97. The number of nitrogens with zero attached hydrogens (tertiary/aromatic N) is 3. The van der Waals surface area contributed by atoms with Crippen molar-refractivity contribution in [3.8, 4) is 0 Å². The molecule has 0 heterocycles. The van der Waals surface area contributed by atoms with Crippen LogP contribution in [0.4, 0.5) is 0 Å². The van der Waals surface area contributed by atoms with E-state index < -0.39 is 0 Å². The zero-order valence-electron chi connectivity index (χ0n) is 13.2. The fourth-order valence-electron chi connectivity index (χ4n) is 1.88. The summed E-state index contributed by atoms with van der Waals surface area (Å²) >= 11 is 0. The van der Waals surface area contributed by atoms with Crippen LogP contribution in [0.1, 0.15) is 19.8 Å². The van der Waals surface area contributed by atoms with E-state index in [0.29, 0.717) is 0 Å². The van der Waals surface area contributed by atoms with Gasteiger partial charge in [0.25, 0.3) is 0 Å². The molecule has 0 aliphatic heterocycles. The minimum atomic E-state index is 1.11. The molecule has 0 atom stereocenters. The van der Waals surface area contributed by atoms with E-state index in [0.717, 1.165) is 19.6 Å². The van der Waals surface area contributed by atoms with Crippen LogP contribution < -0.4 is 5.32 Å². The summed E-state index contributed by atoms with van der Waals surface area (Å²) in [6.07, 6.45) is 2.48. The normalized spacial score (nSPS) is 12.0. The van der Waals surface area contributed by atoms with Crippen LogP contribution in [-0.2, 0) is 0 Å². The highest BCUT2D eigenvalue weighted by Crippen LogP contribution is 1.91. The molecule has 18 heavy (non-hydrogen) atoms. The van der Waals surface area contributed by atoms with Gasteiger partial charge in [-0.25, -0.2) is 0 Å². The smallest absolute Gasteiger partial charge is 0.0110 e. The van der Waals surface area contributed by atoms with Gasteiger partial charge in [0.1, 0.15) is 0 Å². The molecule has 0 radical (unpaired) electrons. The Morgan fingerprint density at radius 3 is 1.94 bits per heavy atom. The Hall–Kier alpha value is -0.160.